The largest absolute Gasteiger partial charge is 0.342 e. The average molecular weight is 393 g/mol. The van der Waals surface area contributed by atoms with Gasteiger partial charge in [0.05, 0.1) is 0 Å². The Morgan fingerprint density at radius 2 is 1.58 bits per heavy atom. The number of carbonyl (C=O) groups excluding carboxylic acids is 2. The molecule has 1 aromatic rings. The van der Waals surface area contributed by atoms with Crippen molar-refractivity contribution in [3.05, 3.63) is 34.3 Å². The highest BCUT2D eigenvalue weighted by atomic mass is 79.9. The molecule has 2 heterocycles. The van der Waals surface area contributed by atoms with Crippen molar-refractivity contribution in [1.29, 1.82) is 0 Å². The van der Waals surface area contributed by atoms with E-state index in [1.165, 1.54) is 12.8 Å². The number of hydrogen-bond acceptors (Lipinski definition) is 2. The van der Waals surface area contributed by atoms with E-state index in [4.69, 9.17) is 0 Å². The normalized spacial score (nSPS) is 19.9. The summed E-state index contributed by atoms with van der Waals surface area (Å²) in [6.07, 6.45) is 6.31. The quantitative estimate of drug-likeness (QED) is 0.769. The molecule has 2 fully saturated rings. The number of hydrogen-bond donors (Lipinski definition) is 0. The molecule has 2 amide bonds. The maximum Gasteiger partial charge on any atom is 0.253 e. The lowest BCUT2D eigenvalue weighted by molar-refractivity contribution is -0.136. The first kappa shape index (κ1) is 17.5. The minimum absolute atomic E-state index is 0.0666. The van der Waals surface area contributed by atoms with Crippen molar-refractivity contribution in [2.24, 2.45) is 5.92 Å². The molecule has 0 N–H and O–H groups in total. The third-order valence-electron chi connectivity index (χ3n) is 5.12. The summed E-state index contributed by atoms with van der Waals surface area (Å²) >= 11 is 3.41. The van der Waals surface area contributed by atoms with Crippen LogP contribution < -0.4 is 0 Å². The highest BCUT2D eigenvalue weighted by Crippen LogP contribution is 2.23. The fraction of sp³-hybridized carbons (Fsp3) is 0.579. The predicted octanol–water partition coefficient (Wildman–Crippen LogP) is 3.70. The Labute approximate surface area is 152 Å². The van der Waals surface area contributed by atoms with Crippen molar-refractivity contribution in [3.8, 4) is 0 Å². The van der Waals surface area contributed by atoms with Gasteiger partial charge in [-0.25, -0.2) is 0 Å². The minimum atomic E-state index is 0.0666. The number of halogens is 1. The Hall–Kier alpha value is -1.36. The van der Waals surface area contributed by atoms with Crippen LogP contribution in [0.25, 0.3) is 0 Å². The van der Waals surface area contributed by atoms with E-state index in [1.54, 1.807) is 0 Å². The zero-order chi connectivity index (χ0) is 16.9. The first-order chi connectivity index (χ1) is 11.6. The lowest BCUT2D eigenvalue weighted by atomic mass is 9.94. The van der Waals surface area contributed by atoms with Gasteiger partial charge in [0.1, 0.15) is 0 Å². The molecule has 130 valence electrons. The Morgan fingerprint density at radius 1 is 0.917 bits per heavy atom. The van der Waals surface area contributed by atoms with Crippen LogP contribution >= 0.6 is 15.9 Å². The third-order valence-corrected chi connectivity index (χ3v) is 5.61. The van der Waals surface area contributed by atoms with Crippen LogP contribution in [0.1, 0.15) is 48.9 Å². The lowest BCUT2D eigenvalue weighted by Crippen LogP contribution is -2.44. The van der Waals surface area contributed by atoms with E-state index in [-0.39, 0.29) is 11.8 Å². The van der Waals surface area contributed by atoms with Crippen LogP contribution in [0, 0.1) is 5.92 Å². The molecule has 0 spiro atoms. The van der Waals surface area contributed by atoms with E-state index < -0.39 is 0 Å². The van der Waals surface area contributed by atoms with E-state index in [1.807, 2.05) is 29.2 Å². The third kappa shape index (κ3) is 4.18. The van der Waals surface area contributed by atoms with Gasteiger partial charge >= 0.3 is 0 Å². The number of nitrogens with zero attached hydrogens (tertiary/aromatic N) is 2. The molecule has 2 aliphatic heterocycles. The molecule has 24 heavy (non-hydrogen) atoms. The van der Waals surface area contributed by atoms with Gasteiger partial charge in [-0.3, -0.25) is 9.59 Å². The van der Waals surface area contributed by atoms with Crippen molar-refractivity contribution < 1.29 is 9.59 Å². The summed E-state index contributed by atoms with van der Waals surface area (Å²) in [5.41, 5.74) is 0.710. The van der Waals surface area contributed by atoms with E-state index in [0.717, 1.165) is 43.2 Å². The van der Waals surface area contributed by atoms with Crippen LogP contribution in [0.3, 0.4) is 0 Å². The molecule has 0 aliphatic carbocycles. The van der Waals surface area contributed by atoms with Crippen molar-refractivity contribution in [2.75, 3.05) is 26.2 Å². The fourth-order valence-corrected chi connectivity index (χ4v) is 4.08. The average Bonchev–Trinajstić information content (AvgIpc) is 2.90. The van der Waals surface area contributed by atoms with Gasteiger partial charge in [0.25, 0.3) is 5.91 Å². The molecule has 0 saturated carbocycles. The summed E-state index contributed by atoms with van der Waals surface area (Å²) in [5.74, 6) is 0.470. The van der Waals surface area contributed by atoms with Gasteiger partial charge in [0, 0.05) is 42.1 Å². The van der Waals surface area contributed by atoms with E-state index >= 15 is 0 Å². The predicted molar refractivity (Wildman–Crippen MR) is 97.8 cm³/mol. The maximum absolute atomic E-state index is 12.7. The van der Waals surface area contributed by atoms with Crippen LogP contribution in [0.2, 0.25) is 0 Å². The molecule has 5 heteroatoms. The number of likely N-dealkylation sites (tertiary alicyclic amines) is 2. The second-order valence-corrected chi connectivity index (χ2v) is 7.73. The van der Waals surface area contributed by atoms with Crippen molar-refractivity contribution >= 4 is 27.7 Å². The highest BCUT2D eigenvalue weighted by Gasteiger charge is 2.30. The molecular weight excluding hydrogens is 368 g/mol. The molecule has 2 saturated heterocycles. The second kappa shape index (κ2) is 8.15. The molecule has 3 rings (SSSR count). The van der Waals surface area contributed by atoms with Crippen LogP contribution in [0.5, 0.6) is 0 Å². The summed E-state index contributed by atoms with van der Waals surface area (Å²) in [7, 11) is 0. The van der Waals surface area contributed by atoms with Gasteiger partial charge in [0.15, 0.2) is 0 Å². The van der Waals surface area contributed by atoms with Gasteiger partial charge in [0.2, 0.25) is 5.91 Å². The summed E-state index contributed by atoms with van der Waals surface area (Å²) in [4.78, 5) is 29.2. The number of carbonyl (C=O) groups is 2. The smallest absolute Gasteiger partial charge is 0.253 e. The molecule has 2 aliphatic rings. The molecule has 0 bridgehead atoms. The molecule has 0 radical (unpaired) electrons. The Kier molecular flexibility index (Phi) is 5.93. The number of rotatable bonds is 2. The maximum atomic E-state index is 12.7. The van der Waals surface area contributed by atoms with E-state index in [0.29, 0.717) is 24.6 Å². The zero-order valence-corrected chi connectivity index (χ0v) is 15.6. The molecular formula is C19H25BrN2O2. The fourth-order valence-electron chi connectivity index (χ4n) is 3.68. The van der Waals surface area contributed by atoms with Crippen LogP contribution in [-0.2, 0) is 4.79 Å². The van der Waals surface area contributed by atoms with Gasteiger partial charge in [-0.2, -0.15) is 0 Å². The number of amides is 2. The number of piperidine rings is 1. The Bertz CT molecular complexity index is 589. The highest BCUT2D eigenvalue weighted by molar-refractivity contribution is 9.10. The summed E-state index contributed by atoms with van der Waals surface area (Å²) in [5, 5.41) is 0. The molecule has 1 aromatic carbocycles. The van der Waals surface area contributed by atoms with Gasteiger partial charge in [-0.1, -0.05) is 34.8 Å². The Morgan fingerprint density at radius 3 is 2.21 bits per heavy atom. The summed E-state index contributed by atoms with van der Waals surface area (Å²) in [6.45, 7) is 3.18. The first-order valence-corrected chi connectivity index (χ1v) is 9.78. The van der Waals surface area contributed by atoms with Gasteiger partial charge in [-0.15, -0.1) is 0 Å². The zero-order valence-electron chi connectivity index (χ0n) is 14.0. The molecule has 0 unspecified atom stereocenters. The lowest BCUT2D eigenvalue weighted by Gasteiger charge is -2.34. The van der Waals surface area contributed by atoms with Crippen molar-refractivity contribution in [1.82, 2.24) is 9.80 Å². The minimum Gasteiger partial charge on any atom is -0.342 e. The standard InChI is InChI=1S/C19H25BrN2O2/c20-17-7-5-6-16(14-17)19(24)22-12-8-15(9-13-22)18(23)21-10-3-1-2-4-11-21/h5-7,14-15H,1-4,8-13H2. The SMILES string of the molecule is O=C(c1cccc(Br)c1)N1CCC(C(=O)N2CCCCCC2)CC1. The Balaban J connectivity index is 1.55. The first-order valence-electron chi connectivity index (χ1n) is 8.99. The van der Waals surface area contributed by atoms with Crippen molar-refractivity contribution in [2.45, 2.75) is 38.5 Å². The molecule has 0 atom stereocenters. The topological polar surface area (TPSA) is 40.6 Å². The van der Waals surface area contributed by atoms with Crippen LogP contribution in [-0.4, -0.2) is 47.8 Å². The van der Waals surface area contributed by atoms with E-state index in [2.05, 4.69) is 20.8 Å². The van der Waals surface area contributed by atoms with Crippen LogP contribution in [0.4, 0.5) is 0 Å². The van der Waals surface area contributed by atoms with E-state index in [9.17, 15) is 9.59 Å². The second-order valence-electron chi connectivity index (χ2n) is 6.82. The van der Waals surface area contributed by atoms with Crippen LogP contribution in [0.15, 0.2) is 28.7 Å². The monoisotopic (exact) mass is 392 g/mol. The molecule has 0 aromatic heterocycles. The number of benzene rings is 1. The molecule has 4 nitrogen and oxygen atoms in total. The summed E-state index contributed by atoms with van der Waals surface area (Å²) in [6, 6.07) is 7.51. The van der Waals surface area contributed by atoms with Gasteiger partial charge in [-0.05, 0) is 43.9 Å². The summed E-state index contributed by atoms with van der Waals surface area (Å²) < 4.78 is 0.916. The van der Waals surface area contributed by atoms with Crippen molar-refractivity contribution in [3.63, 3.8) is 0 Å². The van der Waals surface area contributed by atoms with Gasteiger partial charge < -0.3 is 9.80 Å².